The van der Waals surface area contributed by atoms with E-state index in [0.29, 0.717) is 36.9 Å². The summed E-state index contributed by atoms with van der Waals surface area (Å²) in [5.74, 6) is 1.16. The van der Waals surface area contributed by atoms with E-state index in [-0.39, 0.29) is 5.69 Å². The number of nitrogens with one attached hydrogen (secondary N) is 1. The molecule has 1 heterocycles. The number of ether oxygens (including phenoxy) is 1. The van der Waals surface area contributed by atoms with Crippen LogP contribution in [0.25, 0.3) is 11.3 Å². The summed E-state index contributed by atoms with van der Waals surface area (Å²) < 4.78 is 10.6. The summed E-state index contributed by atoms with van der Waals surface area (Å²) in [6.07, 6.45) is 1.62. The van der Waals surface area contributed by atoms with Crippen molar-refractivity contribution in [1.29, 1.82) is 0 Å². The van der Waals surface area contributed by atoms with Crippen molar-refractivity contribution in [3.63, 3.8) is 0 Å². The maximum atomic E-state index is 10.8. The number of aromatic nitrogens is 1. The Morgan fingerprint density at radius 1 is 1.48 bits per heavy atom. The second-order valence-electron chi connectivity index (χ2n) is 4.55. The Morgan fingerprint density at radius 2 is 2.29 bits per heavy atom. The molecule has 0 aliphatic heterocycles. The Hall–Kier alpha value is -2.25. The molecule has 0 fully saturated rings. The van der Waals surface area contributed by atoms with E-state index in [1.54, 1.807) is 32.4 Å². The molecule has 112 valence electrons. The van der Waals surface area contributed by atoms with E-state index in [4.69, 9.17) is 9.15 Å². The van der Waals surface area contributed by atoms with Crippen molar-refractivity contribution in [2.75, 3.05) is 20.3 Å². The topological polar surface area (TPSA) is 90.4 Å². The molecule has 21 heavy (non-hydrogen) atoms. The molecule has 0 unspecified atom stereocenters. The molecule has 0 bridgehead atoms. The van der Waals surface area contributed by atoms with Crippen LogP contribution in [0.5, 0.6) is 0 Å². The van der Waals surface area contributed by atoms with Gasteiger partial charge in [-0.2, -0.15) is 0 Å². The van der Waals surface area contributed by atoms with Crippen molar-refractivity contribution >= 4 is 5.69 Å². The summed E-state index contributed by atoms with van der Waals surface area (Å²) in [4.78, 5) is 14.6. The number of nitro benzene ring substituents is 1. The minimum Gasteiger partial charge on any atom is -0.439 e. The fourth-order valence-corrected chi connectivity index (χ4v) is 1.91. The molecule has 2 aromatic rings. The zero-order valence-electron chi connectivity index (χ0n) is 12.0. The maximum absolute atomic E-state index is 10.8. The highest BCUT2D eigenvalue weighted by molar-refractivity contribution is 5.61. The highest BCUT2D eigenvalue weighted by Gasteiger charge is 2.13. The molecular weight excluding hydrogens is 274 g/mol. The lowest BCUT2D eigenvalue weighted by Crippen LogP contribution is -2.18. The number of hydrogen-bond acceptors (Lipinski definition) is 6. The second-order valence-corrected chi connectivity index (χ2v) is 4.55. The number of nitro groups is 1. The Kier molecular flexibility index (Phi) is 5.02. The molecule has 7 nitrogen and oxygen atoms in total. The van der Waals surface area contributed by atoms with Gasteiger partial charge in [0.1, 0.15) is 0 Å². The molecule has 0 spiro atoms. The number of nitrogens with zero attached hydrogens (tertiary/aromatic N) is 2. The predicted octanol–water partition coefficient (Wildman–Crippen LogP) is 2.29. The van der Waals surface area contributed by atoms with Crippen LogP contribution in [0.4, 0.5) is 5.69 Å². The minimum atomic E-state index is -0.398. The summed E-state index contributed by atoms with van der Waals surface area (Å²) in [7, 11) is 1.64. The number of aryl methyl sites for hydroxylation is 1. The van der Waals surface area contributed by atoms with Crippen LogP contribution in [0.3, 0.4) is 0 Å². The third-order valence-corrected chi connectivity index (χ3v) is 2.99. The third kappa shape index (κ3) is 3.87. The van der Waals surface area contributed by atoms with Gasteiger partial charge in [0.25, 0.3) is 5.69 Å². The number of methoxy groups -OCH3 is 1. The Labute approximate surface area is 122 Å². The standard InChI is InChI=1S/C14H17N3O4/c1-10-7-11(3-4-12(10)17(18)19)13-8-16-14(21-13)9-15-5-6-20-2/h3-4,7-8,15H,5-6,9H2,1-2H3. The molecule has 0 amide bonds. The molecule has 0 saturated heterocycles. The van der Waals surface area contributed by atoms with Gasteiger partial charge >= 0.3 is 0 Å². The van der Waals surface area contributed by atoms with E-state index >= 15 is 0 Å². The van der Waals surface area contributed by atoms with Crippen LogP contribution in [-0.2, 0) is 11.3 Å². The molecule has 0 radical (unpaired) electrons. The second kappa shape index (κ2) is 6.96. The summed E-state index contributed by atoms with van der Waals surface area (Å²) in [6.45, 7) is 3.54. The molecule has 1 N–H and O–H groups in total. The van der Waals surface area contributed by atoms with Gasteiger partial charge in [0.2, 0.25) is 5.89 Å². The van der Waals surface area contributed by atoms with Crippen molar-refractivity contribution in [1.82, 2.24) is 10.3 Å². The first-order valence-corrected chi connectivity index (χ1v) is 6.51. The largest absolute Gasteiger partial charge is 0.439 e. The van der Waals surface area contributed by atoms with Crippen molar-refractivity contribution in [3.05, 3.63) is 46.0 Å². The molecule has 0 aliphatic rings. The summed E-state index contributed by atoms with van der Waals surface area (Å²) in [5.41, 5.74) is 1.46. The average molecular weight is 291 g/mol. The van der Waals surface area contributed by atoms with Crippen LogP contribution in [0, 0.1) is 17.0 Å². The van der Waals surface area contributed by atoms with Crippen LogP contribution in [-0.4, -0.2) is 30.2 Å². The van der Waals surface area contributed by atoms with Crippen LogP contribution in [0.15, 0.2) is 28.8 Å². The van der Waals surface area contributed by atoms with E-state index in [0.717, 1.165) is 5.56 Å². The molecule has 0 saturated carbocycles. The fraction of sp³-hybridized carbons (Fsp3) is 0.357. The van der Waals surface area contributed by atoms with Gasteiger partial charge in [0, 0.05) is 30.8 Å². The van der Waals surface area contributed by atoms with Crippen LogP contribution < -0.4 is 5.32 Å². The molecule has 1 aromatic heterocycles. The minimum absolute atomic E-state index is 0.0970. The molecule has 2 rings (SSSR count). The van der Waals surface area contributed by atoms with Gasteiger partial charge in [0.15, 0.2) is 5.76 Å². The quantitative estimate of drug-likeness (QED) is 0.478. The maximum Gasteiger partial charge on any atom is 0.272 e. The van der Waals surface area contributed by atoms with Crippen molar-refractivity contribution in [2.45, 2.75) is 13.5 Å². The summed E-state index contributed by atoms with van der Waals surface area (Å²) in [6, 6.07) is 4.86. The number of rotatable bonds is 7. The number of hydrogen-bond donors (Lipinski definition) is 1. The van der Waals surface area contributed by atoms with Gasteiger partial charge in [-0.15, -0.1) is 0 Å². The van der Waals surface area contributed by atoms with Crippen LogP contribution >= 0.6 is 0 Å². The fourth-order valence-electron chi connectivity index (χ4n) is 1.91. The van der Waals surface area contributed by atoms with Gasteiger partial charge in [-0.25, -0.2) is 4.98 Å². The third-order valence-electron chi connectivity index (χ3n) is 2.99. The number of benzene rings is 1. The zero-order chi connectivity index (χ0) is 15.2. The highest BCUT2D eigenvalue weighted by atomic mass is 16.6. The van der Waals surface area contributed by atoms with Gasteiger partial charge in [-0.3, -0.25) is 10.1 Å². The van der Waals surface area contributed by atoms with Crippen molar-refractivity contribution < 1.29 is 14.1 Å². The summed E-state index contributed by atoms with van der Waals surface area (Å²) >= 11 is 0. The van der Waals surface area contributed by atoms with Gasteiger partial charge in [-0.1, -0.05) is 0 Å². The average Bonchev–Trinajstić information content (AvgIpc) is 2.92. The first kappa shape index (κ1) is 15.1. The Balaban J connectivity index is 2.07. The SMILES string of the molecule is COCCNCc1ncc(-c2ccc([N+](=O)[O-])c(C)c2)o1. The molecular formula is C14H17N3O4. The van der Waals surface area contributed by atoms with Crippen molar-refractivity contribution in [2.24, 2.45) is 0 Å². The molecule has 0 atom stereocenters. The molecule has 7 heteroatoms. The lowest BCUT2D eigenvalue weighted by molar-refractivity contribution is -0.385. The monoisotopic (exact) mass is 291 g/mol. The first-order chi connectivity index (χ1) is 10.1. The van der Waals surface area contributed by atoms with Gasteiger partial charge < -0.3 is 14.5 Å². The van der Waals surface area contributed by atoms with E-state index in [1.165, 1.54) is 6.07 Å². The lowest BCUT2D eigenvalue weighted by atomic mass is 10.1. The molecule has 0 aliphatic carbocycles. The summed E-state index contributed by atoms with van der Waals surface area (Å²) in [5, 5.41) is 13.9. The van der Waals surface area contributed by atoms with E-state index in [2.05, 4.69) is 10.3 Å². The predicted molar refractivity (Wildman–Crippen MR) is 76.9 cm³/mol. The van der Waals surface area contributed by atoms with E-state index in [1.807, 2.05) is 0 Å². The first-order valence-electron chi connectivity index (χ1n) is 6.51. The van der Waals surface area contributed by atoms with E-state index in [9.17, 15) is 10.1 Å². The Morgan fingerprint density at radius 3 is 2.95 bits per heavy atom. The zero-order valence-corrected chi connectivity index (χ0v) is 12.0. The van der Waals surface area contributed by atoms with Gasteiger partial charge in [0.05, 0.1) is 24.3 Å². The Bertz CT molecular complexity index is 624. The normalized spacial score (nSPS) is 10.8. The molecule has 1 aromatic carbocycles. The van der Waals surface area contributed by atoms with Crippen LogP contribution in [0.2, 0.25) is 0 Å². The van der Waals surface area contributed by atoms with E-state index < -0.39 is 4.92 Å². The van der Waals surface area contributed by atoms with Crippen molar-refractivity contribution in [3.8, 4) is 11.3 Å². The highest BCUT2D eigenvalue weighted by Crippen LogP contribution is 2.26. The number of oxazole rings is 1. The lowest BCUT2D eigenvalue weighted by Gasteiger charge is -2.01. The van der Waals surface area contributed by atoms with Gasteiger partial charge in [-0.05, 0) is 19.1 Å². The smallest absolute Gasteiger partial charge is 0.272 e. The van der Waals surface area contributed by atoms with Crippen LogP contribution in [0.1, 0.15) is 11.5 Å².